The van der Waals surface area contributed by atoms with Crippen molar-refractivity contribution < 1.29 is 14.3 Å². The predicted octanol–water partition coefficient (Wildman–Crippen LogP) is 3.05. The van der Waals surface area contributed by atoms with E-state index in [1.165, 1.54) is 0 Å². The number of carbonyl (C=O) groups excluding carboxylic acids is 2. The molecule has 8 nitrogen and oxygen atoms in total. The lowest BCUT2D eigenvalue weighted by atomic mass is 9.98. The Kier molecular flexibility index (Phi) is 8.55. The molecule has 0 radical (unpaired) electrons. The summed E-state index contributed by atoms with van der Waals surface area (Å²) in [4.78, 5) is 33.3. The first-order valence-corrected chi connectivity index (χ1v) is 11.5. The molecule has 3 rings (SSSR count). The van der Waals surface area contributed by atoms with Crippen molar-refractivity contribution in [2.24, 2.45) is 10.9 Å². The summed E-state index contributed by atoms with van der Waals surface area (Å²) in [6.45, 7) is 8.68. The van der Waals surface area contributed by atoms with Crippen LogP contribution in [0, 0.1) is 5.92 Å². The highest BCUT2D eigenvalue weighted by Crippen LogP contribution is 2.19. The summed E-state index contributed by atoms with van der Waals surface area (Å²) in [5, 5.41) is 6.34. The largest absolute Gasteiger partial charge is 0.466 e. The zero-order valence-corrected chi connectivity index (χ0v) is 18.7. The summed E-state index contributed by atoms with van der Waals surface area (Å²) in [5.74, 6) is 0.578. The van der Waals surface area contributed by atoms with E-state index in [0.29, 0.717) is 19.7 Å². The zero-order valence-electron chi connectivity index (χ0n) is 18.7. The van der Waals surface area contributed by atoms with Gasteiger partial charge in [-0.15, -0.1) is 0 Å². The molecule has 2 saturated heterocycles. The van der Waals surface area contributed by atoms with Gasteiger partial charge in [-0.25, -0.2) is 9.79 Å². The lowest BCUT2D eigenvalue weighted by molar-refractivity contribution is -0.149. The second-order valence-corrected chi connectivity index (χ2v) is 8.03. The lowest BCUT2D eigenvalue weighted by Crippen LogP contribution is -2.48. The Morgan fingerprint density at radius 2 is 1.90 bits per heavy atom. The third kappa shape index (κ3) is 6.60. The van der Waals surface area contributed by atoms with Gasteiger partial charge in [-0.2, -0.15) is 0 Å². The number of urea groups is 1. The molecule has 1 aromatic rings. The van der Waals surface area contributed by atoms with E-state index in [1.54, 1.807) is 0 Å². The van der Waals surface area contributed by atoms with Crippen LogP contribution in [-0.2, 0) is 16.1 Å². The minimum atomic E-state index is -0.121. The Morgan fingerprint density at radius 1 is 1.13 bits per heavy atom. The van der Waals surface area contributed by atoms with Crippen molar-refractivity contribution in [2.75, 3.05) is 44.6 Å². The van der Waals surface area contributed by atoms with Gasteiger partial charge >= 0.3 is 12.0 Å². The number of carbonyl (C=O) groups is 2. The minimum absolute atomic E-state index is 0.0372. The summed E-state index contributed by atoms with van der Waals surface area (Å²) in [6.07, 6.45) is 3.94. The number of amides is 2. The monoisotopic (exact) mass is 429 g/mol. The molecule has 1 unspecified atom stereocenters. The normalized spacial score (nSPS) is 19.3. The zero-order chi connectivity index (χ0) is 22.1. The topological polar surface area (TPSA) is 86.3 Å². The van der Waals surface area contributed by atoms with Crippen molar-refractivity contribution in [1.82, 2.24) is 15.1 Å². The number of nitrogens with zero attached hydrogens (tertiary/aromatic N) is 3. The highest BCUT2D eigenvalue weighted by Gasteiger charge is 2.28. The van der Waals surface area contributed by atoms with E-state index >= 15 is 0 Å². The van der Waals surface area contributed by atoms with Gasteiger partial charge in [0, 0.05) is 38.4 Å². The van der Waals surface area contributed by atoms with E-state index < -0.39 is 0 Å². The van der Waals surface area contributed by atoms with Gasteiger partial charge in [0.1, 0.15) is 0 Å². The molecule has 0 aliphatic carbocycles. The van der Waals surface area contributed by atoms with Crippen LogP contribution in [0.1, 0.15) is 45.1 Å². The molecule has 0 bridgehead atoms. The third-order valence-corrected chi connectivity index (χ3v) is 5.66. The number of likely N-dealkylation sites (tertiary alicyclic amines) is 2. The van der Waals surface area contributed by atoms with E-state index in [2.05, 4.69) is 15.5 Å². The van der Waals surface area contributed by atoms with Gasteiger partial charge in [-0.3, -0.25) is 4.79 Å². The van der Waals surface area contributed by atoms with Crippen molar-refractivity contribution >= 4 is 23.6 Å². The van der Waals surface area contributed by atoms with Crippen molar-refractivity contribution in [3.05, 3.63) is 29.8 Å². The van der Waals surface area contributed by atoms with Crippen LogP contribution in [0.25, 0.3) is 0 Å². The van der Waals surface area contributed by atoms with Gasteiger partial charge in [0.15, 0.2) is 5.96 Å². The van der Waals surface area contributed by atoms with Crippen LogP contribution >= 0.6 is 0 Å². The first kappa shape index (κ1) is 22.9. The maximum atomic E-state index is 12.3. The van der Waals surface area contributed by atoms with Crippen LogP contribution in [-0.4, -0.2) is 67.1 Å². The van der Waals surface area contributed by atoms with Gasteiger partial charge in [0.05, 0.1) is 19.1 Å². The van der Waals surface area contributed by atoms with Crippen molar-refractivity contribution in [1.29, 1.82) is 0 Å². The Balaban J connectivity index is 1.63. The number of aliphatic imine (C=N–C) groups is 1. The molecular formula is C23H35N5O3. The molecule has 170 valence electrons. The lowest BCUT2D eigenvalue weighted by Gasteiger charge is -2.34. The van der Waals surface area contributed by atoms with Crippen molar-refractivity contribution in [2.45, 2.75) is 46.1 Å². The quantitative estimate of drug-likeness (QED) is 0.412. The molecule has 0 spiro atoms. The summed E-state index contributed by atoms with van der Waals surface area (Å²) in [6, 6.07) is 7.79. The number of nitrogens with one attached hydrogen (secondary N) is 2. The molecule has 2 fully saturated rings. The van der Waals surface area contributed by atoms with E-state index in [-0.39, 0.29) is 17.9 Å². The number of esters is 1. The number of ether oxygens (including phenoxy) is 1. The summed E-state index contributed by atoms with van der Waals surface area (Å²) in [5.41, 5.74) is 1.81. The highest BCUT2D eigenvalue weighted by atomic mass is 16.5. The SMILES string of the molecule is CCNC(=NCc1cccc(NC(=O)N2CCCC2)c1)N1CCCC(C(=O)OCC)C1. The van der Waals surface area contributed by atoms with Gasteiger partial charge in [-0.05, 0) is 57.2 Å². The molecule has 31 heavy (non-hydrogen) atoms. The number of piperidine rings is 1. The second-order valence-electron chi connectivity index (χ2n) is 8.03. The fraction of sp³-hybridized carbons (Fsp3) is 0.609. The molecule has 2 N–H and O–H groups in total. The van der Waals surface area contributed by atoms with E-state index in [9.17, 15) is 9.59 Å². The number of rotatable bonds is 6. The van der Waals surface area contributed by atoms with Gasteiger partial charge in [0.2, 0.25) is 0 Å². The molecule has 1 atom stereocenters. The molecule has 0 saturated carbocycles. The molecule has 2 aliphatic heterocycles. The van der Waals surface area contributed by atoms with Crippen molar-refractivity contribution in [3.63, 3.8) is 0 Å². The van der Waals surface area contributed by atoms with Gasteiger partial charge in [-0.1, -0.05) is 12.1 Å². The van der Waals surface area contributed by atoms with Crippen LogP contribution < -0.4 is 10.6 Å². The Hall–Kier alpha value is -2.77. The number of anilines is 1. The summed E-state index contributed by atoms with van der Waals surface area (Å²) >= 11 is 0. The molecular weight excluding hydrogens is 394 g/mol. The van der Waals surface area contributed by atoms with Gasteiger partial charge < -0.3 is 25.2 Å². The van der Waals surface area contributed by atoms with E-state index in [0.717, 1.165) is 69.1 Å². The maximum Gasteiger partial charge on any atom is 0.321 e. The first-order valence-electron chi connectivity index (χ1n) is 11.5. The van der Waals surface area contributed by atoms with Crippen LogP contribution in [0.15, 0.2) is 29.3 Å². The molecule has 0 aromatic heterocycles. The first-order chi connectivity index (χ1) is 15.1. The molecule has 8 heteroatoms. The van der Waals surface area contributed by atoms with Crippen LogP contribution in [0.4, 0.5) is 10.5 Å². The number of guanidine groups is 1. The minimum Gasteiger partial charge on any atom is -0.466 e. The second kappa shape index (κ2) is 11.6. The predicted molar refractivity (Wildman–Crippen MR) is 122 cm³/mol. The fourth-order valence-electron chi connectivity index (χ4n) is 4.08. The smallest absolute Gasteiger partial charge is 0.321 e. The summed E-state index contributed by atoms with van der Waals surface area (Å²) < 4.78 is 5.22. The molecule has 2 amide bonds. The Morgan fingerprint density at radius 3 is 2.65 bits per heavy atom. The standard InChI is InChI=1S/C23H35N5O3/c1-3-24-22(28-14-8-10-19(17-28)21(29)31-4-2)25-16-18-9-7-11-20(15-18)26-23(30)27-12-5-6-13-27/h7,9,11,15,19H,3-6,8,10,12-14,16-17H2,1-2H3,(H,24,25)(H,26,30). The maximum absolute atomic E-state index is 12.3. The average Bonchev–Trinajstić information content (AvgIpc) is 3.32. The molecule has 2 heterocycles. The average molecular weight is 430 g/mol. The van der Waals surface area contributed by atoms with Crippen LogP contribution in [0.3, 0.4) is 0 Å². The Labute approximate surface area is 185 Å². The van der Waals surface area contributed by atoms with Crippen molar-refractivity contribution in [3.8, 4) is 0 Å². The number of benzene rings is 1. The highest BCUT2D eigenvalue weighted by molar-refractivity contribution is 5.89. The molecule has 2 aliphatic rings. The Bertz CT molecular complexity index is 776. The van der Waals surface area contributed by atoms with E-state index in [4.69, 9.17) is 9.73 Å². The third-order valence-electron chi connectivity index (χ3n) is 5.66. The van der Waals surface area contributed by atoms with Crippen LogP contribution in [0.2, 0.25) is 0 Å². The number of hydrogen-bond donors (Lipinski definition) is 2. The van der Waals surface area contributed by atoms with Crippen LogP contribution in [0.5, 0.6) is 0 Å². The van der Waals surface area contributed by atoms with Gasteiger partial charge in [0.25, 0.3) is 0 Å². The van der Waals surface area contributed by atoms with E-state index in [1.807, 2.05) is 43.0 Å². The number of hydrogen-bond acceptors (Lipinski definition) is 4. The fourth-order valence-corrected chi connectivity index (χ4v) is 4.08. The summed E-state index contributed by atoms with van der Waals surface area (Å²) in [7, 11) is 0. The molecule has 1 aromatic carbocycles.